The summed E-state index contributed by atoms with van der Waals surface area (Å²) < 4.78 is 56.2. The number of H-pyrrole nitrogens is 1. The molecule has 0 amide bonds. The van der Waals surface area contributed by atoms with Crippen molar-refractivity contribution < 1.29 is 27.4 Å². The van der Waals surface area contributed by atoms with Gasteiger partial charge in [-0.3, -0.25) is 19.3 Å². The summed E-state index contributed by atoms with van der Waals surface area (Å²) in [5.74, 6) is -0.183. The normalized spacial score (nSPS) is 12.5. The number of ether oxygens (including phenoxy) is 1. The van der Waals surface area contributed by atoms with Crippen LogP contribution in [0, 0.1) is 18.6 Å². The van der Waals surface area contributed by atoms with Crippen LogP contribution in [0.2, 0.25) is 0 Å². The number of nitrogens with one attached hydrogen (secondary N) is 2. The van der Waals surface area contributed by atoms with Gasteiger partial charge in [-0.25, -0.2) is 18.7 Å². The molecule has 0 radical (unpaired) electrons. The second-order valence-electron chi connectivity index (χ2n) is 12.4. The van der Waals surface area contributed by atoms with Crippen LogP contribution in [0.15, 0.2) is 57.4 Å². The van der Waals surface area contributed by atoms with E-state index in [1.807, 2.05) is 37.3 Å². The second-order valence-corrected chi connectivity index (χ2v) is 14.5. The van der Waals surface area contributed by atoms with Crippen LogP contribution in [0.3, 0.4) is 0 Å². The molecule has 3 heterocycles. The molecule has 0 atom stereocenters. The smallest absolute Gasteiger partial charge is 0.204 e. The first-order chi connectivity index (χ1) is 26.1. The van der Waals surface area contributed by atoms with Gasteiger partial charge in [-0.2, -0.15) is 5.10 Å². The van der Waals surface area contributed by atoms with E-state index in [0.29, 0.717) is 35.5 Å². The molecule has 0 aliphatic carbocycles. The number of likely N-dealkylation sites (N-methyl/N-ethyl adjacent to an activating group) is 1. The number of hydrogen-bond donors (Lipinski definition) is 2. The van der Waals surface area contributed by atoms with Crippen molar-refractivity contribution in [2.45, 2.75) is 74.6 Å². The number of aromatic nitrogens is 4. The zero-order valence-electron chi connectivity index (χ0n) is 32.9. The number of nitrogens with zero attached hydrogens (tertiary/aromatic N) is 6. The first-order valence-electron chi connectivity index (χ1n) is 18.0. The standard InChI is InChI=1S/C30H35F3N8O2S2.C4H10.C3H8.CH3F/c1-19-17-25(38-37-19)34-28-27(42-4)29(41-15-13-40(14-16-41)12-11-39(2)3)36-30(35-28)45-21-7-5-20(6-8-21)44-18-22-24(43-33)10-9-23(31)26(22)32;1-3-4-2;1-3-2;1-2/h5-10,17H,11-16,18H2,1-4H3,(H2,34,35,36,37,38);3-4H2,1-2H3;3H2,1-2H3;1H3. The Labute approximate surface area is 326 Å². The third kappa shape index (κ3) is 14.8. The molecule has 2 N–H and O–H groups in total. The minimum absolute atomic E-state index is 0.00953. The molecule has 2 aromatic heterocycles. The largest absolute Gasteiger partial charge is 0.490 e. The summed E-state index contributed by atoms with van der Waals surface area (Å²) in [6.07, 6.45) is 3.89. The van der Waals surface area contributed by atoms with Gasteiger partial charge < -0.3 is 19.9 Å². The molecule has 4 aromatic rings. The van der Waals surface area contributed by atoms with Crippen molar-refractivity contribution in [2.75, 3.05) is 77.9 Å². The number of aromatic amines is 1. The van der Waals surface area contributed by atoms with E-state index in [1.54, 1.807) is 7.11 Å². The third-order valence-corrected chi connectivity index (χ3v) is 9.58. The number of anilines is 3. The molecule has 1 aliphatic rings. The van der Waals surface area contributed by atoms with Crippen LogP contribution < -0.4 is 19.9 Å². The fraction of sp³-hybridized carbons (Fsp3) is 0.500. The Morgan fingerprint density at radius 3 is 2.09 bits per heavy atom. The van der Waals surface area contributed by atoms with E-state index in [9.17, 15) is 17.7 Å². The minimum atomic E-state index is -1.12. The number of rotatable bonds is 14. The molecule has 0 saturated carbocycles. The first kappa shape index (κ1) is 46.4. The van der Waals surface area contributed by atoms with Crippen molar-refractivity contribution in [3.05, 3.63) is 65.4 Å². The van der Waals surface area contributed by atoms with Gasteiger partial charge in [0.1, 0.15) is 0 Å². The van der Waals surface area contributed by atoms with Crippen LogP contribution in [0.5, 0.6) is 11.5 Å². The van der Waals surface area contributed by atoms with Gasteiger partial charge in [0.2, 0.25) is 5.75 Å². The van der Waals surface area contributed by atoms with Crippen LogP contribution in [-0.2, 0) is 5.75 Å². The molecule has 16 heteroatoms. The monoisotopic (exact) mass is 796 g/mol. The van der Waals surface area contributed by atoms with Gasteiger partial charge in [-0.1, -0.05) is 47.0 Å². The summed E-state index contributed by atoms with van der Waals surface area (Å²) in [5, 5.41) is 11.0. The third-order valence-electron chi connectivity index (χ3n) is 7.67. The Bertz CT molecular complexity index is 1640. The number of hydrogen-bond acceptors (Lipinski definition) is 11. The van der Waals surface area contributed by atoms with E-state index < -0.39 is 11.6 Å². The molecule has 54 heavy (non-hydrogen) atoms. The molecular formula is C38H56F4N8O2S2. The lowest BCUT2D eigenvalue weighted by Gasteiger charge is -2.36. The number of unbranched alkanes of at least 4 members (excludes halogenated alkanes) is 1. The van der Waals surface area contributed by atoms with Crippen molar-refractivity contribution in [2.24, 2.45) is 0 Å². The highest BCUT2D eigenvalue weighted by Crippen LogP contribution is 2.39. The molecular weight excluding hydrogens is 741 g/mol. The Hall–Kier alpha value is -3.73. The summed E-state index contributed by atoms with van der Waals surface area (Å²) >= 11 is 2.62. The predicted octanol–water partition coefficient (Wildman–Crippen LogP) is 9.74. The van der Waals surface area contributed by atoms with E-state index in [2.05, 4.69) is 76.9 Å². The fourth-order valence-corrected chi connectivity index (χ4v) is 6.39. The summed E-state index contributed by atoms with van der Waals surface area (Å²) in [7, 11) is 6.27. The van der Waals surface area contributed by atoms with E-state index in [1.165, 1.54) is 42.8 Å². The molecule has 2 aromatic carbocycles. The molecule has 1 fully saturated rings. The van der Waals surface area contributed by atoms with Crippen LogP contribution in [-0.4, -0.2) is 97.6 Å². The first-order valence-corrected chi connectivity index (χ1v) is 19.8. The van der Waals surface area contributed by atoms with Crippen LogP contribution >= 0.6 is 23.5 Å². The van der Waals surface area contributed by atoms with Gasteiger partial charge in [0.05, 0.1) is 14.3 Å². The SMILES string of the molecule is CCC.CCCC.CF.COc1c(Nc2cc(C)[nH]n2)nc(Sc2ccc(SCc3c(OF)ccc(F)c3F)cc2)nc1N1CCN(CCN(C)C)CC1. The number of aryl methyl sites for hydroxylation is 1. The Morgan fingerprint density at radius 1 is 0.926 bits per heavy atom. The molecule has 1 saturated heterocycles. The topological polar surface area (TPSA) is 94.7 Å². The highest BCUT2D eigenvalue weighted by molar-refractivity contribution is 7.99. The fourth-order valence-electron chi connectivity index (χ4n) is 4.73. The lowest BCUT2D eigenvalue weighted by Crippen LogP contribution is -2.48. The maximum atomic E-state index is 14.3. The zero-order valence-corrected chi connectivity index (χ0v) is 34.6. The molecule has 0 unspecified atom stereocenters. The Kier molecular flexibility index (Phi) is 21.8. The summed E-state index contributed by atoms with van der Waals surface area (Å²) in [6.45, 7) is 15.9. The minimum Gasteiger partial charge on any atom is -0.490 e. The van der Waals surface area contributed by atoms with Gasteiger partial charge >= 0.3 is 0 Å². The van der Waals surface area contributed by atoms with Crippen LogP contribution in [0.4, 0.5) is 35.2 Å². The quantitative estimate of drug-likeness (QED) is 0.0726. The van der Waals surface area contributed by atoms with E-state index in [0.717, 1.165) is 66.9 Å². The number of thioether (sulfide) groups is 1. The molecule has 10 nitrogen and oxygen atoms in total. The Balaban J connectivity index is 0.00000102. The lowest BCUT2D eigenvalue weighted by molar-refractivity contribution is -0.00763. The number of benzene rings is 2. The van der Waals surface area contributed by atoms with Crippen molar-refractivity contribution in [1.82, 2.24) is 30.0 Å². The summed E-state index contributed by atoms with van der Waals surface area (Å²) in [4.78, 5) is 22.0. The van der Waals surface area contributed by atoms with Gasteiger partial charge in [0, 0.05) is 76.7 Å². The lowest BCUT2D eigenvalue weighted by atomic mass is 10.2. The molecule has 1 aliphatic heterocycles. The summed E-state index contributed by atoms with van der Waals surface area (Å²) in [5.41, 5.74) is 0.728. The van der Waals surface area contributed by atoms with Gasteiger partial charge in [0.25, 0.3) is 0 Å². The molecule has 0 spiro atoms. The maximum Gasteiger partial charge on any atom is 0.204 e. The van der Waals surface area contributed by atoms with Crippen LogP contribution in [0.25, 0.3) is 0 Å². The number of methoxy groups -OCH3 is 1. The van der Waals surface area contributed by atoms with E-state index in [4.69, 9.17) is 14.7 Å². The molecule has 300 valence electrons. The predicted molar refractivity (Wildman–Crippen MR) is 214 cm³/mol. The van der Waals surface area contributed by atoms with Crippen molar-refractivity contribution in [3.8, 4) is 11.5 Å². The number of alkyl halides is 1. The van der Waals surface area contributed by atoms with E-state index >= 15 is 0 Å². The highest BCUT2D eigenvalue weighted by atomic mass is 32.2. The highest BCUT2D eigenvalue weighted by Gasteiger charge is 2.25. The van der Waals surface area contributed by atoms with Gasteiger partial charge in [-0.15, -0.1) is 11.8 Å². The molecule has 5 rings (SSSR count). The van der Waals surface area contributed by atoms with Crippen LogP contribution in [0.1, 0.15) is 58.2 Å². The summed E-state index contributed by atoms with van der Waals surface area (Å²) in [6, 6.07) is 11.3. The zero-order chi connectivity index (χ0) is 40.0. The maximum absolute atomic E-state index is 14.3. The molecule has 0 bridgehead atoms. The second kappa shape index (κ2) is 25.4. The Morgan fingerprint density at radius 2 is 1.56 bits per heavy atom. The van der Waals surface area contributed by atoms with Crippen molar-refractivity contribution in [1.29, 1.82) is 0 Å². The number of piperazine rings is 1. The number of halogens is 4. The average molecular weight is 797 g/mol. The van der Waals surface area contributed by atoms with Crippen molar-refractivity contribution >= 4 is 41.0 Å². The van der Waals surface area contributed by atoms with E-state index in [-0.39, 0.29) is 17.1 Å². The average Bonchev–Trinajstić information content (AvgIpc) is 3.60. The van der Waals surface area contributed by atoms with Crippen molar-refractivity contribution in [3.63, 3.8) is 0 Å². The van der Waals surface area contributed by atoms with Gasteiger partial charge in [-0.05, 0) is 69.2 Å². The van der Waals surface area contributed by atoms with Gasteiger partial charge in [0.15, 0.2) is 40.0 Å².